The molecule has 2 aliphatic rings. The van der Waals surface area contributed by atoms with E-state index in [1.807, 2.05) is 23.1 Å². The summed E-state index contributed by atoms with van der Waals surface area (Å²) in [6.45, 7) is 5.40. The molecule has 0 saturated carbocycles. The maximum Gasteiger partial charge on any atom is 0.418 e. The van der Waals surface area contributed by atoms with Crippen LogP contribution in [0.5, 0.6) is 5.75 Å². The van der Waals surface area contributed by atoms with E-state index in [9.17, 15) is 18.0 Å². The van der Waals surface area contributed by atoms with Crippen LogP contribution in [-0.2, 0) is 42.1 Å². The molecule has 0 bridgehead atoms. The van der Waals surface area contributed by atoms with E-state index in [-0.39, 0.29) is 36.2 Å². The molecule has 7 N–H and O–H groups in total. The number of ether oxygens (including phenoxy) is 1. The van der Waals surface area contributed by atoms with E-state index in [0.717, 1.165) is 35.4 Å². The number of carbonyl (C=O) groups is 2. The van der Waals surface area contributed by atoms with Crippen LogP contribution in [-0.4, -0.2) is 89.7 Å². The first-order chi connectivity index (χ1) is 20.3. The molecule has 18 heteroatoms. The number of Topliss-reactive ketones (excluding diaryl/α,β-unsaturated/α-hetero) is 1. The maximum atomic E-state index is 13.2. The van der Waals surface area contributed by atoms with Crippen LogP contribution >= 0.6 is 11.3 Å². The molecule has 16 nitrogen and oxygen atoms in total. The number of thiazole rings is 1. The van der Waals surface area contributed by atoms with Crippen LogP contribution in [0.1, 0.15) is 37.1 Å². The minimum absolute atomic E-state index is 0.000762. The van der Waals surface area contributed by atoms with Crippen LogP contribution in [0.2, 0.25) is 0 Å². The Kier molecular flexibility index (Phi) is 9.86. The summed E-state index contributed by atoms with van der Waals surface area (Å²) in [4.78, 5) is 41.4. The summed E-state index contributed by atoms with van der Waals surface area (Å²) in [6, 6.07) is 5.78. The summed E-state index contributed by atoms with van der Waals surface area (Å²) in [7, 11) is -4.92. The van der Waals surface area contributed by atoms with Gasteiger partial charge in [-0.25, -0.2) is 4.98 Å². The molecule has 4 rings (SSSR count). The van der Waals surface area contributed by atoms with Crippen LogP contribution in [0.3, 0.4) is 0 Å². The molecule has 1 fully saturated rings. The van der Waals surface area contributed by atoms with Gasteiger partial charge >= 0.3 is 10.4 Å². The lowest BCUT2D eigenvalue weighted by Crippen LogP contribution is -2.68. The van der Waals surface area contributed by atoms with Gasteiger partial charge in [0.25, 0.3) is 5.91 Å². The molecule has 0 spiro atoms. The number of aromatic nitrogens is 1. The summed E-state index contributed by atoms with van der Waals surface area (Å²) in [6.07, 6.45) is 0.429. The van der Waals surface area contributed by atoms with Crippen molar-refractivity contribution in [3.63, 3.8) is 0 Å². The molecule has 2 aromatic rings. The second kappa shape index (κ2) is 13.2. The molecule has 1 aromatic heterocycles. The largest absolute Gasteiger partial charge is 0.490 e. The average Bonchev–Trinajstić information content (AvgIpc) is 3.39. The van der Waals surface area contributed by atoms with Crippen molar-refractivity contribution < 1.29 is 36.4 Å². The van der Waals surface area contributed by atoms with Gasteiger partial charge in [-0.1, -0.05) is 11.2 Å². The molecule has 0 aliphatic carbocycles. The minimum atomic E-state index is -4.92. The Morgan fingerprint density at radius 1 is 1.28 bits per heavy atom. The fourth-order valence-corrected chi connectivity index (χ4v) is 5.69. The third-order valence-electron chi connectivity index (χ3n) is 6.98. The van der Waals surface area contributed by atoms with Crippen molar-refractivity contribution in [1.82, 2.24) is 14.9 Å². The van der Waals surface area contributed by atoms with Crippen molar-refractivity contribution >= 4 is 50.2 Å². The number of β-lactam (4-membered cyclic amide) rings is 1. The monoisotopic (exact) mass is 638 g/mol. The van der Waals surface area contributed by atoms with Crippen LogP contribution in [0.25, 0.3) is 0 Å². The fraction of sp³-hybridized carbons (Fsp3) is 0.480. The zero-order chi connectivity index (χ0) is 31.4. The van der Waals surface area contributed by atoms with Gasteiger partial charge in [0.1, 0.15) is 18.1 Å². The number of aliphatic imine (C=N–C) groups is 1. The zero-order valence-corrected chi connectivity index (χ0v) is 25.3. The predicted molar refractivity (Wildman–Crippen MR) is 157 cm³/mol. The quantitative estimate of drug-likeness (QED) is 0.0569. The van der Waals surface area contributed by atoms with Crippen molar-refractivity contribution in [3.05, 3.63) is 40.4 Å². The third-order valence-corrected chi connectivity index (χ3v) is 7.99. The van der Waals surface area contributed by atoms with Gasteiger partial charge in [0.15, 0.2) is 29.2 Å². The molecule has 1 amide bonds. The molecule has 43 heavy (non-hydrogen) atoms. The van der Waals surface area contributed by atoms with Gasteiger partial charge in [-0.3, -0.25) is 19.1 Å². The van der Waals surface area contributed by atoms with Crippen molar-refractivity contribution in [3.8, 4) is 5.75 Å². The summed E-state index contributed by atoms with van der Waals surface area (Å²) >= 11 is 1.10. The number of oxime groups is 1. The van der Waals surface area contributed by atoms with Crippen molar-refractivity contribution in [2.24, 2.45) is 27.5 Å². The normalized spacial score (nSPS) is 18.7. The Hall–Kier alpha value is -3.84. The summed E-state index contributed by atoms with van der Waals surface area (Å²) in [5.74, 6) is -1.19. The zero-order valence-electron chi connectivity index (χ0n) is 23.6. The summed E-state index contributed by atoms with van der Waals surface area (Å²) in [5.41, 5.74) is 18.4. The van der Waals surface area contributed by atoms with Gasteiger partial charge in [0, 0.05) is 31.4 Å². The third kappa shape index (κ3) is 7.77. The number of fused-ring (bicyclic) bond motifs is 1. The number of hydrogen-bond acceptors (Lipinski definition) is 13. The summed E-state index contributed by atoms with van der Waals surface area (Å²) in [5, 5.41) is 6.20. The molecule has 2 aliphatic heterocycles. The number of carbonyl (C=O) groups excluding carboxylic acids is 2. The number of nitrogen functional groups attached to an aromatic ring is 1. The first-order valence-electron chi connectivity index (χ1n) is 13.2. The highest BCUT2D eigenvalue weighted by Gasteiger charge is 2.57. The van der Waals surface area contributed by atoms with Gasteiger partial charge in [-0.05, 0) is 43.5 Å². The van der Waals surface area contributed by atoms with Crippen LogP contribution < -0.4 is 21.9 Å². The highest BCUT2D eigenvalue weighted by atomic mass is 32.3. The standard InChI is InChI=1S/C25H34N8O8S2/c1-25(2)18(22(35)33(25)41-43(36,37)38)12-20(34)21(19-14-42-24(28)30-19)31-40-10-9-39-17-4-3-16-13-32(8-5-15(16)11-17)23(27)29-7-6-26/h3-4,11,14,18H,5-10,12-13,26H2,1-2H3,(H2,27,29)(H2,28,30)(H,36,37,38)/b31-21-/t18-/m1/s1. The number of amides is 1. The smallest absolute Gasteiger partial charge is 0.418 e. The number of hydrogen-bond donors (Lipinski definition) is 4. The molecule has 234 valence electrons. The number of nitrogens with zero attached hydrogens (tertiary/aromatic N) is 5. The van der Waals surface area contributed by atoms with E-state index in [4.69, 9.17) is 31.3 Å². The molecular formula is C25H34N8O8S2. The minimum Gasteiger partial charge on any atom is -0.490 e. The topological polar surface area (TPSA) is 238 Å². The second-order valence-electron chi connectivity index (χ2n) is 10.3. The Bertz CT molecular complexity index is 1520. The van der Waals surface area contributed by atoms with Gasteiger partial charge in [-0.15, -0.1) is 15.6 Å². The van der Waals surface area contributed by atoms with Crippen LogP contribution in [0.15, 0.2) is 33.7 Å². The first-order valence-corrected chi connectivity index (χ1v) is 15.5. The van der Waals surface area contributed by atoms with Crippen molar-refractivity contribution in [2.75, 3.05) is 38.6 Å². The number of benzene rings is 1. The van der Waals surface area contributed by atoms with E-state index in [1.54, 1.807) is 0 Å². The SMILES string of the molecule is CC1(C)[C@H](CC(=O)/C(=N\OCCOc2ccc3c(c2)CCN(C(N)=NCCN)C3)c2csc(N)n2)C(=O)N1OS(=O)(=O)O. The predicted octanol–water partition coefficient (Wildman–Crippen LogP) is 0.0871. The second-order valence-corrected chi connectivity index (χ2v) is 12.2. The average molecular weight is 639 g/mol. The molecule has 1 atom stereocenters. The number of guanidine groups is 1. The summed E-state index contributed by atoms with van der Waals surface area (Å²) < 4.78 is 41.2. The number of anilines is 1. The Labute approximate surface area is 252 Å². The number of ketones is 1. The molecular weight excluding hydrogens is 604 g/mol. The molecule has 0 unspecified atom stereocenters. The molecule has 1 saturated heterocycles. The Morgan fingerprint density at radius 3 is 2.70 bits per heavy atom. The lowest BCUT2D eigenvalue weighted by Gasteiger charge is -2.50. The van der Waals surface area contributed by atoms with Gasteiger partial charge in [0.05, 0.1) is 18.0 Å². The number of rotatable bonds is 13. The van der Waals surface area contributed by atoms with Gasteiger partial charge in [0.2, 0.25) is 0 Å². The van der Waals surface area contributed by atoms with E-state index in [2.05, 4.69) is 19.4 Å². The van der Waals surface area contributed by atoms with Gasteiger partial charge in [-0.2, -0.15) is 13.5 Å². The lowest BCUT2D eigenvalue weighted by atomic mass is 9.74. The Morgan fingerprint density at radius 2 is 2.05 bits per heavy atom. The van der Waals surface area contributed by atoms with E-state index in [0.29, 0.717) is 36.4 Å². The van der Waals surface area contributed by atoms with Crippen LogP contribution in [0, 0.1) is 5.92 Å². The van der Waals surface area contributed by atoms with E-state index in [1.165, 1.54) is 19.2 Å². The van der Waals surface area contributed by atoms with E-state index >= 15 is 0 Å². The number of nitrogens with two attached hydrogens (primary N) is 3. The highest BCUT2D eigenvalue weighted by molar-refractivity contribution is 7.80. The van der Waals surface area contributed by atoms with E-state index < -0.39 is 33.5 Å². The van der Waals surface area contributed by atoms with Crippen molar-refractivity contribution in [2.45, 2.75) is 38.8 Å². The highest BCUT2D eigenvalue weighted by Crippen LogP contribution is 2.40. The molecule has 3 heterocycles. The maximum absolute atomic E-state index is 13.2. The fourth-order valence-electron chi connectivity index (χ4n) is 4.69. The first kappa shape index (κ1) is 32.1. The van der Waals surface area contributed by atoms with Crippen LogP contribution in [0.4, 0.5) is 5.13 Å². The lowest BCUT2D eigenvalue weighted by molar-refractivity contribution is -0.228. The number of hydroxylamine groups is 2. The molecule has 1 aromatic carbocycles. The van der Waals surface area contributed by atoms with Crippen molar-refractivity contribution in [1.29, 1.82) is 0 Å². The Balaban J connectivity index is 1.34. The molecule has 0 radical (unpaired) electrons. The van der Waals surface area contributed by atoms with Gasteiger partial charge < -0.3 is 31.7 Å².